The Morgan fingerprint density at radius 1 is 1.38 bits per heavy atom. The molecule has 1 heterocycles. The molecular formula is C13H14ClNO5S. The van der Waals surface area contributed by atoms with Crippen LogP contribution in [0.4, 0.5) is 0 Å². The standard InChI is InChI=1S/C13H14ClNO5S/c14-10-3-1-2-9(6-10)13(18)15-4-5-21(19,20)8-11(15)7-12(16)17/h1-3,6,11H,4-5,7-8H2,(H,16,17). The van der Waals surface area contributed by atoms with E-state index in [0.29, 0.717) is 10.6 Å². The number of carboxylic acid groups (broad SMARTS) is 1. The summed E-state index contributed by atoms with van der Waals surface area (Å²) in [4.78, 5) is 24.6. The van der Waals surface area contributed by atoms with E-state index in [-0.39, 0.29) is 18.1 Å². The summed E-state index contributed by atoms with van der Waals surface area (Å²) >= 11 is 5.83. The van der Waals surface area contributed by atoms with Gasteiger partial charge >= 0.3 is 5.97 Å². The van der Waals surface area contributed by atoms with Gasteiger partial charge in [0.2, 0.25) is 0 Å². The van der Waals surface area contributed by atoms with Gasteiger partial charge in [0.15, 0.2) is 9.84 Å². The smallest absolute Gasteiger partial charge is 0.305 e. The first kappa shape index (κ1) is 15.8. The minimum absolute atomic E-state index is 0.00831. The summed E-state index contributed by atoms with van der Waals surface area (Å²) in [6, 6.07) is 5.42. The molecule has 1 aromatic carbocycles. The Morgan fingerprint density at radius 3 is 2.71 bits per heavy atom. The number of benzene rings is 1. The van der Waals surface area contributed by atoms with Gasteiger partial charge in [-0.25, -0.2) is 8.42 Å². The summed E-state index contributed by atoms with van der Waals surface area (Å²) in [5.74, 6) is -2.03. The number of carboxylic acids is 1. The second kappa shape index (κ2) is 6.03. The van der Waals surface area contributed by atoms with Gasteiger partial charge in [-0.2, -0.15) is 0 Å². The highest BCUT2D eigenvalue weighted by Crippen LogP contribution is 2.20. The lowest BCUT2D eigenvalue weighted by atomic mass is 10.1. The number of rotatable bonds is 3. The Morgan fingerprint density at radius 2 is 2.10 bits per heavy atom. The van der Waals surface area contributed by atoms with Crippen molar-refractivity contribution in [1.82, 2.24) is 4.90 Å². The molecule has 0 saturated carbocycles. The predicted octanol–water partition coefficient (Wildman–Crippen LogP) is 1.05. The average molecular weight is 332 g/mol. The van der Waals surface area contributed by atoms with Gasteiger partial charge in [0, 0.05) is 17.1 Å². The van der Waals surface area contributed by atoms with Crippen LogP contribution >= 0.6 is 11.6 Å². The van der Waals surface area contributed by atoms with Gasteiger partial charge in [-0.05, 0) is 18.2 Å². The molecule has 1 aliphatic heterocycles. The zero-order valence-corrected chi connectivity index (χ0v) is 12.6. The number of hydrogen-bond donors (Lipinski definition) is 1. The van der Waals surface area contributed by atoms with Crippen molar-refractivity contribution in [3.05, 3.63) is 34.9 Å². The van der Waals surface area contributed by atoms with Crippen molar-refractivity contribution in [2.45, 2.75) is 12.5 Å². The molecule has 0 spiro atoms. The molecule has 114 valence electrons. The van der Waals surface area contributed by atoms with Crippen molar-refractivity contribution >= 4 is 33.3 Å². The van der Waals surface area contributed by atoms with E-state index >= 15 is 0 Å². The van der Waals surface area contributed by atoms with Crippen LogP contribution in [0.1, 0.15) is 16.8 Å². The Hall–Kier alpha value is -1.60. The summed E-state index contributed by atoms with van der Waals surface area (Å²) < 4.78 is 23.3. The fraction of sp³-hybridized carbons (Fsp3) is 0.385. The molecule has 1 fully saturated rings. The van der Waals surface area contributed by atoms with Crippen LogP contribution < -0.4 is 0 Å². The topological polar surface area (TPSA) is 91.8 Å². The van der Waals surface area contributed by atoms with Gasteiger partial charge in [-0.15, -0.1) is 0 Å². The van der Waals surface area contributed by atoms with E-state index < -0.39 is 34.2 Å². The summed E-state index contributed by atoms with van der Waals surface area (Å²) in [5, 5.41) is 9.29. The monoisotopic (exact) mass is 331 g/mol. The molecule has 0 bridgehead atoms. The lowest BCUT2D eigenvalue weighted by Gasteiger charge is -2.34. The van der Waals surface area contributed by atoms with E-state index in [1.54, 1.807) is 18.2 Å². The first-order valence-electron chi connectivity index (χ1n) is 6.27. The molecule has 1 atom stereocenters. The molecule has 6 nitrogen and oxygen atoms in total. The van der Waals surface area contributed by atoms with Crippen LogP contribution in [0.5, 0.6) is 0 Å². The number of amides is 1. The molecule has 0 aromatic heterocycles. The quantitative estimate of drug-likeness (QED) is 0.894. The maximum atomic E-state index is 12.4. The maximum Gasteiger partial charge on any atom is 0.305 e. The van der Waals surface area contributed by atoms with Gasteiger partial charge < -0.3 is 10.0 Å². The third kappa shape index (κ3) is 3.95. The van der Waals surface area contributed by atoms with E-state index in [4.69, 9.17) is 16.7 Å². The molecule has 1 amide bonds. The van der Waals surface area contributed by atoms with Gasteiger partial charge in [-0.1, -0.05) is 17.7 Å². The van der Waals surface area contributed by atoms with Gasteiger partial charge in [0.1, 0.15) is 0 Å². The Balaban J connectivity index is 2.27. The minimum atomic E-state index is -3.32. The highest BCUT2D eigenvalue weighted by atomic mass is 35.5. The van der Waals surface area contributed by atoms with Gasteiger partial charge in [0.05, 0.1) is 24.0 Å². The zero-order valence-electron chi connectivity index (χ0n) is 11.0. The van der Waals surface area contributed by atoms with E-state index in [1.165, 1.54) is 11.0 Å². The van der Waals surface area contributed by atoms with E-state index in [9.17, 15) is 18.0 Å². The largest absolute Gasteiger partial charge is 0.481 e. The van der Waals surface area contributed by atoms with Crippen LogP contribution in [-0.2, 0) is 14.6 Å². The van der Waals surface area contributed by atoms with Crippen molar-refractivity contribution in [2.75, 3.05) is 18.1 Å². The van der Waals surface area contributed by atoms with Crippen LogP contribution in [0, 0.1) is 0 Å². The molecule has 1 N–H and O–H groups in total. The third-order valence-corrected chi connectivity index (χ3v) is 5.21. The molecule has 2 rings (SSSR count). The van der Waals surface area contributed by atoms with Crippen molar-refractivity contribution in [2.24, 2.45) is 0 Å². The second-order valence-electron chi connectivity index (χ2n) is 4.87. The Labute approximate surface area is 127 Å². The molecule has 21 heavy (non-hydrogen) atoms. The number of aliphatic carboxylic acids is 1. The number of carbonyl (C=O) groups is 2. The molecular weight excluding hydrogens is 318 g/mol. The highest BCUT2D eigenvalue weighted by molar-refractivity contribution is 7.91. The van der Waals surface area contributed by atoms with Crippen molar-refractivity contribution in [3.63, 3.8) is 0 Å². The maximum absolute atomic E-state index is 12.4. The summed E-state index contributed by atoms with van der Waals surface area (Å²) in [7, 11) is -3.32. The third-order valence-electron chi connectivity index (χ3n) is 3.27. The van der Waals surface area contributed by atoms with Gasteiger partial charge in [-0.3, -0.25) is 9.59 Å². The van der Waals surface area contributed by atoms with E-state index in [1.807, 2.05) is 0 Å². The lowest BCUT2D eigenvalue weighted by molar-refractivity contribution is -0.138. The predicted molar refractivity (Wildman–Crippen MR) is 77.2 cm³/mol. The van der Waals surface area contributed by atoms with Gasteiger partial charge in [0.25, 0.3) is 5.91 Å². The lowest BCUT2D eigenvalue weighted by Crippen LogP contribution is -2.52. The number of sulfone groups is 1. The van der Waals surface area contributed by atoms with Crippen LogP contribution in [0.15, 0.2) is 24.3 Å². The Kier molecular flexibility index (Phi) is 4.53. The van der Waals surface area contributed by atoms with Crippen molar-refractivity contribution < 1.29 is 23.1 Å². The average Bonchev–Trinajstić information content (AvgIpc) is 2.36. The fourth-order valence-corrected chi connectivity index (χ4v) is 4.03. The number of nitrogens with zero attached hydrogens (tertiary/aromatic N) is 1. The molecule has 1 saturated heterocycles. The normalized spacial score (nSPS) is 21.0. The highest BCUT2D eigenvalue weighted by Gasteiger charge is 2.35. The fourth-order valence-electron chi connectivity index (χ4n) is 2.31. The zero-order chi connectivity index (χ0) is 15.6. The summed E-state index contributed by atoms with van der Waals surface area (Å²) in [5.41, 5.74) is 0.317. The minimum Gasteiger partial charge on any atom is -0.481 e. The molecule has 0 aliphatic carbocycles. The second-order valence-corrected chi connectivity index (χ2v) is 7.54. The first-order valence-corrected chi connectivity index (χ1v) is 8.47. The van der Waals surface area contributed by atoms with E-state index in [0.717, 1.165) is 0 Å². The van der Waals surface area contributed by atoms with Crippen LogP contribution in [0.2, 0.25) is 5.02 Å². The molecule has 1 unspecified atom stereocenters. The number of halogens is 1. The van der Waals surface area contributed by atoms with Crippen molar-refractivity contribution in [3.8, 4) is 0 Å². The Bertz CT molecular complexity index is 673. The molecule has 8 heteroatoms. The number of hydrogen-bond acceptors (Lipinski definition) is 4. The summed E-state index contributed by atoms with van der Waals surface area (Å²) in [6.07, 6.45) is -0.397. The SMILES string of the molecule is O=C(O)CC1CS(=O)(=O)CCN1C(=O)c1cccc(Cl)c1. The number of carbonyl (C=O) groups excluding carboxylic acids is 1. The van der Waals surface area contributed by atoms with E-state index in [2.05, 4.69) is 0 Å². The van der Waals surface area contributed by atoms with Crippen LogP contribution in [0.3, 0.4) is 0 Å². The first-order chi connectivity index (χ1) is 9.78. The molecule has 1 aliphatic rings. The molecule has 0 radical (unpaired) electrons. The van der Waals surface area contributed by atoms with Crippen LogP contribution in [-0.4, -0.2) is 54.4 Å². The van der Waals surface area contributed by atoms with Crippen LogP contribution in [0.25, 0.3) is 0 Å². The molecule has 1 aromatic rings. The van der Waals surface area contributed by atoms with Crippen molar-refractivity contribution in [1.29, 1.82) is 0 Å². The summed E-state index contributed by atoms with van der Waals surface area (Å²) in [6.45, 7) is -0.00831.